The van der Waals surface area contributed by atoms with E-state index in [0.29, 0.717) is 0 Å². The number of hydrogen-bond donors (Lipinski definition) is 0. The Hall–Kier alpha value is -0.840. The fraction of sp³-hybridized carbons (Fsp3) is 0.700. The molecule has 15 heavy (non-hydrogen) atoms. The average molecular weight is 228 g/mol. The van der Waals surface area contributed by atoms with Gasteiger partial charge >= 0.3 is 11.9 Å². The molecule has 0 bridgehead atoms. The molecule has 2 aliphatic heterocycles. The molecule has 0 spiro atoms. The molecule has 0 amide bonds. The summed E-state index contributed by atoms with van der Waals surface area (Å²) < 4.78 is 4.38. The average Bonchev–Trinajstić information content (AvgIpc) is 2.58. The molecule has 5 heteroatoms. The number of ketones is 1. The first-order valence-electron chi connectivity index (χ1n) is 5.08. The number of hydrogen-bond acceptors (Lipinski definition) is 5. The zero-order valence-corrected chi connectivity index (χ0v) is 9.05. The topological polar surface area (TPSA) is 60.4 Å². The van der Waals surface area contributed by atoms with Crippen molar-refractivity contribution in [1.82, 2.24) is 0 Å². The minimum atomic E-state index is -0.826. The number of Topliss-reactive ketones (excluding diaryl/α,β-unsaturated/α-hetero) is 1. The van der Waals surface area contributed by atoms with E-state index in [4.69, 9.17) is 0 Å². The van der Waals surface area contributed by atoms with Crippen molar-refractivity contribution in [3.05, 3.63) is 0 Å². The summed E-state index contributed by atoms with van der Waals surface area (Å²) in [6.07, 6.45) is 2.91. The number of thioether (sulfide) groups is 1. The molecule has 4 nitrogen and oxygen atoms in total. The van der Waals surface area contributed by atoms with Gasteiger partial charge in [-0.2, -0.15) is 11.8 Å². The maximum Gasteiger partial charge on any atom is 0.324 e. The Labute approximate surface area is 91.7 Å². The smallest absolute Gasteiger partial charge is 0.324 e. The van der Waals surface area contributed by atoms with E-state index in [1.807, 2.05) is 0 Å². The second-order valence-electron chi connectivity index (χ2n) is 3.81. The van der Waals surface area contributed by atoms with Gasteiger partial charge in [-0.05, 0) is 18.6 Å². The van der Waals surface area contributed by atoms with Crippen molar-refractivity contribution in [1.29, 1.82) is 0 Å². The van der Waals surface area contributed by atoms with Crippen molar-refractivity contribution >= 4 is 29.5 Å². The van der Waals surface area contributed by atoms with Gasteiger partial charge in [0.25, 0.3) is 0 Å². The van der Waals surface area contributed by atoms with E-state index in [2.05, 4.69) is 4.74 Å². The van der Waals surface area contributed by atoms with Crippen LogP contribution in [0.25, 0.3) is 0 Å². The predicted octanol–water partition coefficient (Wildman–Crippen LogP) is 0.931. The normalized spacial score (nSPS) is 31.5. The SMILES string of the molecule is O=C1CC(C(=O)C2CCCCS2)C(=O)O1. The van der Waals surface area contributed by atoms with Crippen molar-refractivity contribution in [2.45, 2.75) is 30.9 Å². The number of esters is 2. The van der Waals surface area contributed by atoms with Gasteiger partial charge in [0.1, 0.15) is 5.92 Å². The van der Waals surface area contributed by atoms with E-state index in [1.54, 1.807) is 11.8 Å². The van der Waals surface area contributed by atoms with E-state index < -0.39 is 17.9 Å². The number of carbonyl (C=O) groups is 3. The zero-order valence-electron chi connectivity index (χ0n) is 8.23. The molecule has 82 valence electrons. The van der Waals surface area contributed by atoms with E-state index in [0.717, 1.165) is 25.0 Å². The third-order valence-electron chi connectivity index (χ3n) is 2.71. The van der Waals surface area contributed by atoms with E-state index >= 15 is 0 Å². The number of ether oxygens (including phenoxy) is 1. The Balaban J connectivity index is 2.00. The molecule has 2 aliphatic rings. The van der Waals surface area contributed by atoms with E-state index in [9.17, 15) is 14.4 Å². The molecule has 2 atom stereocenters. The highest BCUT2D eigenvalue weighted by molar-refractivity contribution is 8.00. The molecular weight excluding hydrogens is 216 g/mol. The van der Waals surface area contributed by atoms with Gasteiger partial charge in [0.15, 0.2) is 5.78 Å². The van der Waals surface area contributed by atoms with Crippen molar-refractivity contribution in [2.75, 3.05) is 5.75 Å². The first kappa shape index (κ1) is 10.7. The molecule has 2 saturated heterocycles. The monoisotopic (exact) mass is 228 g/mol. The zero-order chi connectivity index (χ0) is 10.8. The lowest BCUT2D eigenvalue weighted by Crippen LogP contribution is -2.30. The van der Waals surface area contributed by atoms with Gasteiger partial charge in [0, 0.05) is 0 Å². The van der Waals surface area contributed by atoms with Gasteiger partial charge in [-0.25, -0.2) is 0 Å². The van der Waals surface area contributed by atoms with E-state index in [-0.39, 0.29) is 17.5 Å². The summed E-state index contributed by atoms with van der Waals surface area (Å²) in [6, 6.07) is 0. The summed E-state index contributed by atoms with van der Waals surface area (Å²) in [7, 11) is 0. The molecule has 2 unspecified atom stereocenters. The lowest BCUT2D eigenvalue weighted by atomic mass is 9.97. The van der Waals surface area contributed by atoms with Crippen LogP contribution in [-0.2, 0) is 19.1 Å². The molecule has 2 rings (SSSR count). The Morgan fingerprint density at radius 1 is 1.33 bits per heavy atom. The van der Waals surface area contributed by atoms with Crippen LogP contribution in [0.15, 0.2) is 0 Å². The first-order chi connectivity index (χ1) is 7.18. The second kappa shape index (κ2) is 4.35. The number of cyclic esters (lactones) is 2. The Morgan fingerprint density at radius 2 is 2.13 bits per heavy atom. The van der Waals surface area contributed by atoms with E-state index in [1.165, 1.54) is 0 Å². The Bertz CT molecular complexity index is 307. The van der Waals surface area contributed by atoms with Crippen LogP contribution in [0.5, 0.6) is 0 Å². The predicted molar refractivity (Wildman–Crippen MR) is 54.3 cm³/mol. The van der Waals surface area contributed by atoms with Crippen molar-refractivity contribution < 1.29 is 19.1 Å². The molecule has 0 aromatic carbocycles. The summed E-state index contributed by atoms with van der Waals surface area (Å²) in [5.41, 5.74) is 0. The highest BCUT2D eigenvalue weighted by Gasteiger charge is 2.41. The molecule has 0 aromatic heterocycles. The van der Waals surface area contributed by atoms with Crippen LogP contribution in [0.1, 0.15) is 25.7 Å². The summed E-state index contributed by atoms with van der Waals surface area (Å²) in [5.74, 6) is -1.20. The molecular formula is C10H12O4S. The Morgan fingerprint density at radius 3 is 2.67 bits per heavy atom. The lowest BCUT2D eigenvalue weighted by Gasteiger charge is -2.21. The van der Waals surface area contributed by atoms with Crippen LogP contribution in [0.2, 0.25) is 0 Å². The summed E-state index contributed by atoms with van der Waals surface area (Å²) in [5, 5.41) is -0.109. The largest absolute Gasteiger partial charge is 0.393 e. The molecule has 0 N–H and O–H groups in total. The van der Waals surface area contributed by atoms with Crippen molar-refractivity contribution in [2.24, 2.45) is 5.92 Å². The molecule has 0 aromatic rings. The van der Waals surface area contributed by atoms with Gasteiger partial charge in [-0.15, -0.1) is 0 Å². The van der Waals surface area contributed by atoms with Crippen LogP contribution in [0.4, 0.5) is 0 Å². The minimum Gasteiger partial charge on any atom is -0.393 e. The van der Waals surface area contributed by atoms with Gasteiger partial charge in [0.2, 0.25) is 0 Å². The third kappa shape index (κ3) is 2.22. The van der Waals surface area contributed by atoms with Gasteiger partial charge < -0.3 is 4.74 Å². The van der Waals surface area contributed by atoms with Crippen molar-refractivity contribution in [3.8, 4) is 0 Å². The summed E-state index contributed by atoms with van der Waals surface area (Å²) in [4.78, 5) is 33.9. The first-order valence-corrected chi connectivity index (χ1v) is 6.13. The minimum absolute atomic E-state index is 0.0608. The molecule has 0 radical (unpaired) electrons. The fourth-order valence-electron chi connectivity index (χ4n) is 1.88. The van der Waals surface area contributed by atoms with Gasteiger partial charge in [-0.3, -0.25) is 14.4 Å². The van der Waals surface area contributed by atoms with Crippen LogP contribution in [0, 0.1) is 5.92 Å². The standard InChI is InChI=1S/C10H12O4S/c11-8-5-6(10(13)14-8)9(12)7-3-1-2-4-15-7/h6-7H,1-5H2. The Kier molecular flexibility index (Phi) is 3.09. The number of carbonyl (C=O) groups excluding carboxylic acids is 3. The van der Waals surface area contributed by atoms with Crippen LogP contribution in [-0.4, -0.2) is 28.7 Å². The maximum absolute atomic E-state index is 11.9. The number of rotatable bonds is 2. The van der Waals surface area contributed by atoms with Gasteiger partial charge in [0.05, 0.1) is 11.7 Å². The maximum atomic E-state index is 11.9. The fourth-order valence-corrected chi connectivity index (χ4v) is 3.20. The highest BCUT2D eigenvalue weighted by Crippen LogP contribution is 2.30. The summed E-state index contributed by atoms with van der Waals surface area (Å²) in [6.45, 7) is 0. The third-order valence-corrected chi connectivity index (χ3v) is 4.10. The second-order valence-corrected chi connectivity index (χ2v) is 5.12. The van der Waals surface area contributed by atoms with Crippen molar-refractivity contribution in [3.63, 3.8) is 0 Å². The molecule has 2 fully saturated rings. The summed E-state index contributed by atoms with van der Waals surface area (Å²) >= 11 is 1.59. The van der Waals surface area contributed by atoms with Crippen LogP contribution >= 0.6 is 11.8 Å². The van der Waals surface area contributed by atoms with Gasteiger partial charge in [-0.1, -0.05) is 6.42 Å². The lowest BCUT2D eigenvalue weighted by molar-refractivity contribution is -0.153. The van der Waals surface area contributed by atoms with Crippen LogP contribution in [0.3, 0.4) is 0 Å². The molecule has 2 heterocycles. The highest BCUT2D eigenvalue weighted by atomic mass is 32.2. The molecule has 0 aliphatic carbocycles. The van der Waals surface area contributed by atoms with Crippen LogP contribution < -0.4 is 0 Å². The quantitative estimate of drug-likeness (QED) is 0.520. The molecule has 0 saturated carbocycles.